The number of rotatable bonds is 3. The predicted octanol–water partition coefficient (Wildman–Crippen LogP) is 0.839. The third-order valence-electron chi connectivity index (χ3n) is 2.20. The van der Waals surface area contributed by atoms with Gasteiger partial charge in [-0.3, -0.25) is 14.5 Å². The lowest BCUT2D eigenvalue weighted by Gasteiger charge is -2.10. The second-order valence-electron chi connectivity index (χ2n) is 3.39. The summed E-state index contributed by atoms with van der Waals surface area (Å²) >= 11 is 0. The fraction of sp³-hybridized carbons (Fsp3) is 0.182. The molecule has 0 aromatic heterocycles. The Balaban J connectivity index is 1.93. The molecule has 0 N–H and O–H groups in total. The molecule has 0 aliphatic carbocycles. The summed E-state index contributed by atoms with van der Waals surface area (Å²) in [4.78, 5) is 42.5. The van der Waals surface area contributed by atoms with Crippen LogP contribution < -0.4 is 0 Å². The molecule has 1 saturated heterocycles. The van der Waals surface area contributed by atoms with Crippen LogP contribution in [0.1, 0.15) is 23.2 Å². The molecule has 1 heterocycles. The minimum absolute atomic E-state index is 0.0712. The normalized spacial score (nSPS) is 15.2. The number of amides is 2. The standard InChI is InChI=1S/C11H9NO5/c13-9-6-7-10(14)12(9)17-16-11(15)8-4-2-1-3-5-8/h1-5H,6-7H2. The van der Waals surface area contributed by atoms with Crippen molar-refractivity contribution in [2.45, 2.75) is 12.8 Å². The van der Waals surface area contributed by atoms with Gasteiger partial charge in [-0.2, -0.15) is 0 Å². The molecule has 1 aliphatic heterocycles. The van der Waals surface area contributed by atoms with E-state index < -0.39 is 17.8 Å². The van der Waals surface area contributed by atoms with Crippen LogP contribution >= 0.6 is 0 Å². The van der Waals surface area contributed by atoms with Crippen molar-refractivity contribution in [1.29, 1.82) is 0 Å². The van der Waals surface area contributed by atoms with Gasteiger partial charge in [-0.1, -0.05) is 18.2 Å². The summed E-state index contributed by atoms with van der Waals surface area (Å²) in [7, 11) is 0. The highest BCUT2D eigenvalue weighted by Crippen LogP contribution is 2.13. The van der Waals surface area contributed by atoms with Gasteiger partial charge in [-0.15, -0.1) is 5.06 Å². The minimum atomic E-state index is -0.766. The number of carbonyl (C=O) groups is 3. The average molecular weight is 235 g/mol. The quantitative estimate of drug-likeness (QED) is 0.441. The highest BCUT2D eigenvalue weighted by molar-refractivity contribution is 6.00. The molecule has 0 unspecified atom stereocenters. The van der Waals surface area contributed by atoms with Crippen molar-refractivity contribution >= 4 is 17.8 Å². The molecule has 2 amide bonds. The Morgan fingerprint density at radius 1 is 1.06 bits per heavy atom. The Bertz CT molecular complexity index is 440. The summed E-state index contributed by atoms with van der Waals surface area (Å²) < 4.78 is 0. The van der Waals surface area contributed by atoms with Crippen LogP contribution in [0, 0.1) is 0 Å². The second-order valence-corrected chi connectivity index (χ2v) is 3.39. The molecule has 6 heteroatoms. The molecule has 1 fully saturated rings. The van der Waals surface area contributed by atoms with Gasteiger partial charge < -0.3 is 0 Å². The fourth-order valence-corrected chi connectivity index (χ4v) is 1.33. The van der Waals surface area contributed by atoms with Gasteiger partial charge in [0, 0.05) is 12.8 Å². The van der Waals surface area contributed by atoms with Crippen LogP contribution in [0.4, 0.5) is 0 Å². The lowest BCUT2D eigenvalue weighted by Crippen LogP contribution is -2.30. The number of nitrogens with zero attached hydrogens (tertiary/aromatic N) is 1. The number of imide groups is 1. The van der Waals surface area contributed by atoms with Crippen molar-refractivity contribution in [2.24, 2.45) is 0 Å². The van der Waals surface area contributed by atoms with Crippen LogP contribution in [0.3, 0.4) is 0 Å². The average Bonchev–Trinajstić information content (AvgIpc) is 2.67. The minimum Gasteiger partial charge on any atom is -0.272 e. The molecule has 88 valence electrons. The molecular weight excluding hydrogens is 226 g/mol. The zero-order valence-corrected chi connectivity index (χ0v) is 8.79. The van der Waals surface area contributed by atoms with E-state index in [4.69, 9.17) is 0 Å². The van der Waals surface area contributed by atoms with E-state index in [1.165, 1.54) is 12.1 Å². The van der Waals surface area contributed by atoms with E-state index in [1.54, 1.807) is 18.2 Å². The van der Waals surface area contributed by atoms with Gasteiger partial charge in [-0.25, -0.2) is 4.79 Å². The van der Waals surface area contributed by atoms with Gasteiger partial charge in [0.25, 0.3) is 11.8 Å². The van der Waals surface area contributed by atoms with Crippen LogP contribution in [0.2, 0.25) is 0 Å². The highest BCUT2D eigenvalue weighted by Gasteiger charge is 2.32. The second kappa shape index (κ2) is 4.75. The maximum atomic E-state index is 11.4. The Hall–Kier alpha value is -2.21. The summed E-state index contributed by atoms with van der Waals surface area (Å²) in [6, 6.07) is 8.11. The Labute approximate surface area is 96.6 Å². The van der Waals surface area contributed by atoms with Crippen molar-refractivity contribution in [3.8, 4) is 0 Å². The molecule has 0 radical (unpaired) electrons. The molecule has 1 aromatic carbocycles. The van der Waals surface area contributed by atoms with Gasteiger partial charge in [0.05, 0.1) is 5.56 Å². The molecular formula is C11H9NO5. The van der Waals surface area contributed by atoms with Crippen molar-refractivity contribution in [1.82, 2.24) is 5.06 Å². The van der Waals surface area contributed by atoms with Gasteiger partial charge in [0.15, 0.2) is 0 Å². The summed E-state index contributed by atoms with van der Waals surface area (Å²) in [5, 5.41) is 0.459. The number of hydroxylamine groups is 2. The number of benzene rings is 1. The van der Waals surface area contributed by atoms with E-state index in [9.17, 15) is 14.4 Å². The van der Waals surface area contributed by atoms with E-state index in [1.807, 2.05) is 0 Å². The third kappa shape index (κ3) is 2.48. The van der Waals surface area contributed by atoms with E-state index in [2.05, 4.69) is 9.88 Å². The SMILES string of the molecule is O=C(OON1C(=O)CCC1=O)c1ccccc1. The van der Waals surface area contributed by atoms with E-state index in [0.29, 0.717) is 5.06 Å². The largest absolute Gasteiger partial charge is 0.375 e. The summed E-state index contributed by atoms with van der Waals surface area (Å²) in [5.41, 5.74) is 0.270. The predicted molar refractivity (Wildman–Crippen MR) is 54.0 cm³/mol. The van der Waals surface area contributed by atoms with Gasteiger partial charge in [0.1, 0.15) is 0 Å². The molecule has 0 spiro atoms. The van der Waals surface area contributed by atoms with Crippen LogP contribution in [0.25, 0.3) is 0 Å². The lowest BCUT2D eigenvalue weighted by atomic mass is 10.2. The van der Waals surface area contributed by atoms with E-state index in [0.717, 1.165) is 0 Å². The molecule has 2 rings (SSSR count). The molecule has 1 aliphatic rings. The Morgan fingerprint density at radius 3 is 2.24 bits per heavy atom. The number of carbonyl (C=O) groups excluding carboxylic acids is 3. The van der Waals surface area contributed by atoms with E-state index >= 15 is 0 Å². The molecule has 6 nitrogen and oxygen atoms in total. The van der Waals surface area contributed by atoms with Crippen molar-refractivity contribution in [3.05, 3.63) is 35.9 Å². The Kier molecular flexibility index (Phi) is 3.15. The lowest BCUT2D eigenvalue weighted by molar-refractivity contribution is -0.353. The Morgan fingerprint density at radius 2 is 1.65 bits per heavy atom. The van der Waals surface area contributed by atoms with Gasteiger partial charge in [0.2, 0.25) is 0 Å². The first-order valence-corrected chi connectivity index (χ1v) is 4.98. The first-order chi connectivity index (χ1) is 8.18. The summed E-state index contributed by atoms with van der Waals surface area (Å²) in [5.74, 6) is -1.80. The van der Waals surface area contributed by atoms with Crippen LogP contribution in [-0.4, -0.2) is 22.8 Å². The fourth-order valence-electron chi connectivity index (χ4n) is 1.33. The molecule has 0 atom stereocenters. The van der Waals surface area contributed by atoms with Gasteiger partial charge in [-0.05, 0) is 17.1 Å². The smallest absolute Gasteiger partial charge is 0.272 e. The number of hydrogen-bond acceptors (Lipinski definition) is 5. The number of hydrogen-bond donors (Lipinski definition) is 0. The first-order valence-electron chi connectivity index (χ1n) is 4.98. The van der Waals surface area contributed by atoms with Gasteiger partial charge >= 0.3 is 5.97 Å². The summed E-state index contributed by atoms with van der Waals surface area (Å²) in [6.45, 7) is 0. The highest BCUT2D eigenvalue weighted by atomic mass is 17.3. The van der Waals surface area contributed by atoms with Crippen molar-refractivity contribution < 1.29 is 24.3 Å². The maximum Gasteiger partial charge on any atom is 0.375 e. The van der Waals surface area contributed by atoms with Crippen molar-refractivity contribution in [3.63, 3.8) is 0 Å². The molecule has 17 heavy (non-hydrogen) atoms. The first kappa shape index (κ1) is 11.3. The van der Waals surface area contributed by atoms with Crippen molar-refractivity contribution in [2.75, 3.05) is 0 Å². The zero-order valence-electron chi connectivity index (χ0n) is 8.79. The summed E-state index contributed by atoms with van der Waals surface area (Å²) in [6.07, 6.45) is 0.142. The molecule has 0 saturated carbocycles. The van der Waals surface area contributed by atoms with Crippen LogP contribution in [0.5, 0.6) is 0 Å². The van der Waals surface area contributed by atoms with E-state index in [-0.39, 0.29) is 18.4 Å². The third-order valence-corrected chi connectivity index (χ3v) is 2.20. The molecule has 1 aromatic rings. The zero-order chi connectivity index (χ0) is 12.3. The topological polar surface area (TPSA) is 72.9 Å². The maximum absolute atomic E-state index is 11.4. The molecule has 0 bridgehead atoms. The van der Waals surface area contributed by atoms with Crippen LogP contribution in [-0.2, 0) is 19.5 Å². The monoisotopic (exact) mass is 235 g/mol. The van der Waals surface area contributed by atoms with Crippen LogP contribution in [0.15, 0.2) is 30.3 Å².